The van der Waals surface area contributed by atoms with E-state index in [1.807, 2.05) is 35.2 Å². The minimum atomic E-state index is 0.0983. The number of carbonyl (C=O) groups excluding carboxylic acids is 1. The molecule has 0 bridgehead atoms. The lowest BCUT2D eigenvalue weighted by Crippen LogP contribution is -2.25. The standard InChI is InChI=1S/C17H17N3OS2/c21-16(6-5-15-4-2-10-22-15)19-9-7-14-12-23-17(20-14)13-3-1-8-18-11-13/h1-4,8,10-12H,5-7,9H2,(H,19,21). The van der Waals surface area contributed by atoms with Crippen LogP contribution in [0.25, 0.3) is 10.6 Å². The van der Waals surface area contributed by atoms with E-state index in [-0.39, 0.29) is 5.91 Å². The van der Waals surface area contributed by atoms with Gasteiger partial charge in [-0.2, -0.15) is 0 Å². The van der Waals surface area contributed by atoms with Gasteiger partial charge in [-0.1, -0.05) is 6.07 Å². The summed E-state index contributed by atoms with van der Waals surface area (Å²) in [5, 5.41) is 8.01. The molecule has 0 atom stereocenters. The fraction of sp³-hybridized carbons (Fsp3) is 0.235. The van der Waals surface area contributed by atoms with Gasteiger partial charge in [0.1, 0.15) is 5.01 Å². The second-order valence-electron chi connectivity index (χ2n) is 5.07. The van der Waals surface area contributed by atoms with Crippen LogP contribution in [0.2, 0.25) is 0 Å². The first-order chi connectivity index (χ1) is 11.3. The number of aryl methyl sites for hydroxylation is 1. The monoisotopic (exact) mass is 343 g/mol. The number of carbonyl (C=O) groups is 1. The summed E-state index contributed by atoms with van der Waals surface area (Å²) >= 11 is 3.30. The van der Waals surface area contributed by atoms with E-state index in [2.05, 4.69) is 21.4 Å². The summed E-state index contributed by atoms with van der Waals surface area (Å²) in [5.41, 5.74) is 2.04. The van der Waals surface area contributed by atoms with Crippen molar-refractivity contribution in [2.24, 2.45) is 0 Å². The van der Waals surface area contributed by atoms with Gasteiger partial charge in [0.2, 0.25) is 5.91 Å². The number of rotatable bonds is 7. The number of nitrogens with one attached hydrogen (secondary N) is 1. The Labute approximate surface area is 143 Å². The Hall–Kier alpha value is -2.05. The highest BCUT2D eigenvalue weighted by atomic mass is 32.1. The number of aromatic nitrogens is 2. The van der Waals surface area contributed by atoms with Gasteiger partial charge in [0.15, 0.2) is 0 Å². The van der Waals surface area contributed by atoms with E-state index in [0.29, 0.717) is 13.0 Å². The Morgan fingerprint density at radius 2 is 2.13 bits per heavy atom. The average molecular weight is 343 g/mol. The first-order valence-corrected chi connectivity index (χ1v) is 9.21. The predicted molar refractivity (Wildman–Crippen MR) is 94.7 cm³/mol. The lowest BCUT2D eigenvalue weighted by atomic mass is 10.2. The van der Waals surface area contributed by atoms with Gasteiger partial charge < -0.3 is 5.32 Å². The maximum absolute atomic E-state index is 11.8. The number of nitrogens with zero attached hydrogens (tertiary/aromatic N) is 2. The highest BCUT2D eigenvalue weighted by Crippen LogP contribution is 2.22. The lowest BCUT2D eigenvalue weighted by Gasteiger charge is -2.03. The van der Waals surface area contributed by atoms with Gasteiger partial charge in [0, 0.05) is 47.6 Å². The third kappa shape index (κ3) is 4.71. The number of thiazole rings is 1. The molecule has 0 spiro atoms. The lowest BCUT2D eigenvalue weighted by molar-refractivity contribution is -0.121. The molecule has 1 N–H and O–H groups in total. The van der Waals surface area contributed by atoms with Crippen molar-refractivity contribution in [3.8, 4) is 10.6 Å². The molecule has 0 aliphatic carbocycles. The molecule has 1 amide bonds. The Morgan fingerprint density at radius 3 is 2.91 bits per heavy atom. The number of pyridine rings is 1. The van der Waals surface area contributed by atoms with E-state index in [4.69, 9.17) is 0 Å². The van der Waals surface area contributed by atoms with E-state index in [1.165, 1.54) is 4.88 Å². The number of hydrogen-bond donors (Lipinski definition) is 1. The zero-order chi connectivity index (χ0) is 15.9. The van der Waals surface area contributed by atoms with Gasteiger partial charge in [0.25, 0.3) is 0 Å². The highest BCUT2D eigenvalue weighted by molar-refractivity contribution is 7.13. The number of hydrogen-bond acceptors (Lipinski definition) is 5. The summed E-state index contributed by atoms with van der Waals surface area (Å²) in [5.74, 6) is 0.0983. The fourth-order valence-electron chi connectivity index (χ4n) is 2.15. The summed E-state index contributed by atoms with van der Waals surface area (Å²) in [6.07, 6.45) is 5.67. The zero-order valence-electron chi connectivity index (χ0n) is 12.6. The minimum absolute atomic E-state index is 0.0983. The van der Waals surface area contributed by atoms with Gasteiger partial charge in [-0.3, -0.25) is 9.78 Å². The summed E-state index contributed by atoms with van der Waals surface area (Å²) < 4.78 is 0. The summed E-state index contributed by atoms with van der Waals surface area (Å²) in [6.45, 7) is 0.624. The second-order valence-corrected chi connectivity index (χ2v) is 6.96. The molecule has 0 saturated carbocycles. The Kier molecular flexibility index (Phi) is 5.50. The van der Waals surface area contributed by atoms with Gasteiger partial charge in [-0.05, 0) is 30.0 Å². The van der Waals surface area contributed by atoms with Crippen LogP contribution < -0.4 is 5.32 Å². The van der Waals surface area contributed by atoms with Crippen molar-refractivity contribution in [2.45, 2.75) is 19.3 Å². The molecule has 3 rings (SSSR count). The molecule has 0 aliphatic rings. The van der Waals surface area contributed by atoms with Crippen LogP contribution in [0.15, 0.2) is 47.4 Å². The third-order valence-corrected chi connectivity index (χ3v) is 5.22. The molecule has 3 aromatic heterocycles. The molecule has 0 saturated heterocycles. The average Bonchev–Trinajstić information content (AvgIpc) is 3.26. The minimum Gasteiger partial charge on any atom is -0.356 e. The van der Waals surface area contributed by atoms with Crippen molar-refractivity contribution in [2.75, 3.05) is 6.54 Å². The van der Waals surface area contributed by atoms with Gasteiger partial charge in [-0.15, -0.1) is 22.7 Å². The first-order valence-electron chi connectivity index (χ1n) is 7.45. The number of thiophene rings is 1. The van der Waals surface area contributed by atoms with Crippen LogP contribution in [0, 0.1) is 0 Å². The largest absolute Gasteiger partial charge is 0.356 e. The van der Waals surface area contributed by atoms with Gasteiger partial charge in [-0.25, -0.2) is 4.98 Å². The van der Waals surface area contributed by atoms with E-state index >= 15 is 0 Å². The van der Waals surface area contributed by atoms with E-state index in [1.54, 1.807) is 28.9 Å². The second kappa shape index (κ2) is 7.99. The molecule has 3 heterocycles. The molecule has 118 valence electrons. The van der Waals surface area contributed by atoms with Crippen molar-refractivity contribution in [3.63, 3.8) is 0 Å². The van der Waals surface area contributed by atoms with Crippen LogP contribution in [-0.2, 0) is 17.6 Å². The molecule has 3 aromatic rings. The molecular weight excluding hydrogens is 326 g/mol. The van der Waals surface area contributed by atoms with Crippen LogP contribution in [0.1, 0.15) is 17.0 Å². The third-order valence-electron chi connectivity index (χ3n) is 3.34. The first kappa shape index (κ1) is 15.8. The van der Waals surface area contributed by atoms with Crippen LogP contribution in [0.5, 0.6) is 0 Å². The van der Waals surface area contributed by atoms with E-state index < -0.39 is 0 Å². The molecule has 6 heteroatoms. The predicted octanol–water partition coefficient (Wildman–Crippen LogP) is 3.56. The molecule has 0 aromatic carbocycles. The van der Waals surface area contributed by atoms with Crippen molar-refractivity contribution in [1.29, 1.82) is 0 Å². The van der Waals surface area contributed by atoms with Gasteiger partial charge in [0.05, 0.1) is 5.69 Å². The fourth-order valence-corrected chi connectivity index (χ4v) is 3.71. The molecule has 0 fully saturated rings. The highest BCUT2D eigenvalue weighted by Gasteiger charge is 2.06. The van der Waals surface area contributed by atoms with Crippen LogP contribution in [-0.4, -0.2) is 22.4 Å². The zero-order valence-corrected chi connectivity index (χ0v) is 14.2. The SMILES string of the molecule is O=C(CCc1cccs1)NCCc1csc(-c2cccnc2)n1. The summed E-state index contributed by atoms with van der Waals surface area (Å²) in [4.78, 5) is 21.8. The molecule has 0 radical (unpaired) electrons. The maximum atomic E-state index is 11.8. The normalized spacial score (nSPS) is 10.6. The topological polar surface area (TPSA) is 54.9 Å². The Balaban J connectivity index is 1.42. The van der Waals surface area contributed by atoms with Crippen molar-refractivity contribution in [1.82, 2.24) is 15.3 Å². The smallest absolute Gasteiger partial charge is 0.220 e. The van der Waals surface area contributed by atoms with Crippen LogP contribution in [0.4, 0.5) is 0 Å². The van der Waals surface area contributed by atoms with Gasteiger partial charge >= 0.3 is 0 Å². The molecule has 0 unspecified atom stereocenters. The van der Waals surface area contributed by atoms with Crippen molar-refractivity contribution >= 4 is 28.6 Å². The van der Waals surface area contributed by atoms with Crippen LogP contribution in [0.3, 0.4) is 0 Å². The maximum Gasteiger partial charge on any atom is 0.220 e. The quantitative estimate of drug-likeness (QED) is 0.714. The molecule has 0 aliphatic heterocycles. The molecular formula is C17H17N3OS2. The Bertz CT molecular complexity index is 738. The van der Waals surface area contributed by atoms with Crippen LogP contribution >= 0.6 is 22.7 Å². The summed E-state index contributed by atoms with van der Waals surface area (Å²) in [7, 11) is 0. The molecule has 4 nitrogen and oxygen atoms in total. The van der Waals surface area contributed by atoms with Crippen molar-refractivity contribution < 1.29 is 4.79 Å². The molecule has 23 heavy (non-hydrogen) atoms. The van der Waals surface area contributed by atoms with Crippen molar-refractivity contribution in [3.05, 3.63) is 58.0 Å². The number of amides is 1. The summed E-state index contributed by atoms with van der Waals surface area (Å²) in [6, 6.07) is 7.99. The van der Waals surface area contributed by atoms with E-state index in [9.17, 15) is 4.79 Å². The Morgan fingerprint density at radius 1 is 1.17 bits per heavy atom. The van der Waals surface area contributed by atoms with E-state index in [0.717, 1.165) is 29.1 Å².